The number of thiophene rings is 2. The number of nitrogens with one attached hydrogen (secondary N) is 2. The molecule has 3 aromatic heterocycles. The third-order valence-electron chi connectivity index (χ3n) is 6.94. The van der Waals surface area contributed by atoms with E-state index in [0.29, 0.717) is 17.9 Å². The minimum atomic E-state index is 0.541. The van der Waals surface area contributed by atoms with Crippen molar-refractivity contribution < 1.29 is 4.79 Å². The average Bonchev–Trinajstić information content (AvgIpc) is 3.63. The van der Waals surface area contributed by atoms with Crippen LogP contribution in [-0.2, 0) is 11.2 Å². The average molecular weight is 544 g/mol. The first-order valence-electron chi connectivity index (χ1n) is 13.1. The molecule has 0 unspecified atom stereocenters. The molecule has 1 fully saturated rings. The van der Waals surface area contributed by atoms with Gasteiger partial charge in [0, 0.05) is 22.8 Å². The molecule has 0 radical (unpaired) electrons. The van der Waals surface area contributed by atoms with E-state index in [9.17, 15) is 4.79 Å². The van der Waals surface area contributed by atoms with E-state index in [4.69, 9.17) is 9.97 Å². The highest BCUT2D eigenvalue weighted by Crippen LogP contribution is 2.39. The summed E-state index contributed by atoms with van der Waals surface area (Å²) < 4.78 is 0. The zero-order valence-corrected chi connectivity index (χ0v) is 23.3. The lowest BCUT2D eigenvalue weighted by Crippen LogP contribution is -2.30. The molecule has 2 N–H and O–H groups in total. The highest BCUT2D eigenvalue weighted by Gasteiger charge is 2.17. The van der Waals surface area contributed by atoms with Gasteiger partial charge in [-0.15, -0.1) is 22.7 Å². The summed E-state index contributed by atoms with van der Waals surface area (Å²) in [6.45, 7) is 9.48. The van der Waals surface area contributed by atoms with Gasteiger partial charge in [0.05, 0.1) is 10.3 Å². The van der Waals surface area contributed by atoms with Crippen molar-refractivity contribution in [2.75, 3.05) is 25.0 Å². The normalized spacial score (nSPS) is 14.5. The predicted molar refractivity (Wildman–Crippen MR) is 160 cm³/mol. The van der Waals surface area contributed by atoms with Crippen LogP contribution in [0.4, 0.5) is 5.82 Å². The van der Waals surface area contributed by atoms with Crippen LogP contribution in [0.25, 0.3) is 32.0 Å². The van der Waals surface area contributed by atoms with E-state index >= 15 is 0 Å². The number of carbonyl (C=O) groups excluding carboxylic acids is 1. The maximum atomic E-state index is 10.8. The molecule has 4 heterocycles. The van der Waals surface area contributed by atoms with Crippen LogP contribution in [0.2, 0.25) is 0 Å². The number of likely N-dealkylation sites (tertiary alicyclic amines) is 1. The fourth-order valence-electron chi connectivity index (χ4n) is 4.81. The van der Waals surface area contributed by atoms with Crippen LogP contribution in [0.5, 0.6) is 0 Å². The molecular formula is C30H33N5OS2. The Kier molecular flexibility index (Phi) is 8.63. The third kappa shape index (κ3) is 6.20. The summed E-state index contributed by atoms with van der Waals surface area (Å²) in [5.74, 6) is 1.44. The third-order valence-corrected chi connectivity index (χ3v) is 8.67. The summed E-state index contributed by atoms with van der Waals surface area (Å²) in [5, 5.41) is 11.2. The number of piperidine rings is 1. The van der Waals surface area contributed by atoms with Crippen LogP contribution in [-0.4, -0.2) is 40.9 Å². The molecular weight excluding hydrogens is 510 g/mol. The Morgan fingerprint density at radius 2 is 2.00 bits per heavy atom. The van der Waals surface area contributed by atoms with E-state index in [2.05, 4.69) is 51.8 Å². The molecule has 1 aromatic carbocycles. The number of hydrogen-bond donors (Lipinski definition) is 2. The first-order valence-corrected chi connectivity index (χ1v) is 14.9. The van der Waals surface area contributed by atoms with E-state index in [1.54, 1.807) is 22.7 Å². The summed E-state index contributed by atoms with van der Waals surface area (Å²) in [6.07, 6.45) is 8.77. The Balaban J connectivity index is 1.45. The number of amides is 1. The number of aromatic nitrogens is 2. The van der Waals surface area contributed by atoms with E-state index in [-0.39, 0.29) is 0 Å². The maximum absolute atomic E-state index is 10.8. The van der Waals surface area contributed by atoms with Gasteiger partial charge in [-0.3, -0.25) is 4.79 Å². The fourth-order valence-corrected chi connectivity index (χ4v) is 6.41. The van der Waals surface area contributed by atoms with Crippen molar-refractivity contribution in [3.63, 3.8) is 0 Å². The molecule has 6 nitrogen and oxygen atoms in total. The summed E-state index contributed by atoms with van der Waals surface area (Å²) in [5.41, 5.74) is 5.01. The minimum absolute atomic E-state index is 0.541. The van der Waals surface area contributed by atoms with Gasteiger partial charge >= 0.3 is 0 Å². The van der Waals surface area contributed by atoms with Crippen molar-refractivity contribution in [2.45, 2.75) is 39.0 Å². The van der Waals surface area contributed by atoms with Crippen molar-refractivity contribution in [2.24, 2.45) is 0 Å². The van der Waals surface area contributed by atoms with E-state index in [0.717, 1.165) is 38.5 Å². The lowest BCUT2D eigenvalue weighted by atomic mass is 10.0. The first-order chi connectivity index (χ1) is 18.6. The van der Waals surface area contributed by atoms with Crippen molar-refractivity contribution in [3.8, 4) is 21.8 Å². The summed E-state index contributed by atoms with van der Waals surface area (Å²) >= 11 is 3.26. The van der Waals surface area contributed by atoms with Crippen LogP contribution in [0.15, 0.2) is 71.2 Å². The summed E-state index contributed by atoms with van der Waals surface area (Å²) in [6, 6.07) is 12.9. The molecule has 196 valence electrons. The SMILES string of the molecule is C=C(NC=O)/C(C)=C\Nc1nc(-c2cccs2)nc2scc(-c3cccc(CCCN4CCCCC4)c3)c12. The summed E-state index contributed by atoms with van der Waals surface area (Å²) in [4.78, 5) is 25.3. The maximum Gasteiger partial charge on any atom is 0.211 e. The van der Waals surface area contributed by atoms with E-state index in [1.165, 1.54) is 56.4 Å². The van der Waals surface area contributed by atoms with Gasteiger partial charge in [-0.2, -0.15) is 0 Å². The van der Waals surface area contributed by atoms with Crippen molar-refractivity contribution in [1.82, 2.24) is 20.2 Å². The highest BCUT2D eigenvalue weighted by atomic mass is 32.1. The van der Waals surface area contributed by atoms with Crippen molar-refractivity contribution in [3.05, 3.63) is 76.8 Å². The smallest absolute Gasteiger partial charge is 0.211 e. The lowest BCUT2D eigenvalue weighted by Gasteiger charge is -2.26. The monoisotopic (exact) mass is 543 g/mol. The largest absolute Gasteiger partial charge is 0.346 e. The zero-order chi connectivity index (χ0) is 26.3. The van der Waals surface area contributed by atoms with E-state index in [1.807, 2.05) is 30.6 Å². The van der Waals surface area contributed by atoms with Gasteiger partial charge in [0.2, 0.25) is 6.41 Å². The van der Waals surface area contributed by atoms with Crippen molar-refractivity contribution in [1.29, 1.82) is 0 Å². The van der Waals surface area contributed by atoms with Gasteiger partial charge in [-0.05, 0) is 80.4 Å². The fraction of sp³-hybridized carbons (Fsp3) is 0.300. The number of aryl methyl sites for hydroxylation is 1. The molecule has 0 atom stereocenters. The standard InChI is InChI=1S/C30H33N5OS2/c1-21(22(2)32-20-36)18-31-29-27-25(19-38-30(27)34-28(33-29)26-12-8-16-37-26)24-11-6-9-23(17-24)10-7-15-35-13-4-3-5-14-35/h6,8-9,11-12,16-20H,2-5,7,10,13-15H2,1H3,(H,32,36)(H,31,33,34)/b21-18-. The molecule has 0 saturated carbocycles. The number of carbonyl (C=O) groups is 1. The van der Waals surface area contributed by atoms with Gasteiger partial charge < -0.3 is 15.5 Å². The molecule has 8 heteroatoms. The van der Waals surface area contributed by atoms with Gasteiger partial charge in [0.25, 0.3) is 0 Å². The molecule has 5 rings (SSSR count). The highest BCUT2D eigenvalue weighted by molar-refractivity contribution is 7.17. The second kappa shape index (κ2) is 12.5. The Bertz CT molecular complexity index is 1430. The van der Waals surface area contributed by atoms with Crippen LogP contribution >= 0.6 is 22.7 Å². The Labute approximate surface area is 232 Å². The number of fused-ring (bicyclic) bond motifs is 1. The molecule has 0 aliphatic carbocycles. The zero-order valence-electron chi connectivity index (χ0n) is 21.7. The molecule has 1 amide bonds. The molecule has 4 aromatic rings. The number of allylic oxidation sites excluding steroid dienone is 1. The predicted octanol–water partition coefficient (Wildman–Crippen LogP) is 7.08. The van der Waals surface area contributed by atoms with Crippen molar-refractivity contribution >= 4 is 45.1 Å². The minimum Gasteiger partial charge on any atom is -0.346 e. The quantitative estimate of drug-likeness (QED) is 0.156. The molecule has 1 aliphatic heterocycles. The Hall–Kier alpha value is -3.33. The number of hydrogen-bond acceptors (Lipinski definition) is 7. The summed E-state index contributed by atoms with van der Waals surface area (Å²) in [7, 11) is 0. The van der Waals surface area contributed by atoms with Gasteiger partial charge in [-0.25, -0.2) is 9.97 Å². The number of anilines is 1. The molecule has 0 bridgehead atoms. The Morgan fingerprint density at radius 1 is 1.13 bits per heavy atom. The van der Waals surface area contributed by atoms with Crippen LogP contribution < -0.4 is 10.6 Å². The van der Waals surface area contributed by atoms with E-state index < -0.39 is 0 Å². The molecule has 1 saturated heterocycles. The Morgan fingerprint density at radius 3 is 2.79 bits per heavy atom. The molecule has 38 heavy (non-hydrogen) atoms. The van der Waals surface area contributed by atoms with Gasteiger partial charge in [0.1, 0.15) is 10.6 Å². The lowest BCUT2D eigenvalue weighted by molar-refractivity contribution is -0.108. The van der Waals surface area contributed by atoms with Crippen LogP contribution in [0, 0.1) is 0 Å². The molecule has 0 spiro atoms. The van der Waals surface area contributed by atoms with Crippen LogP contribution in [0.1, 0.15) is 38.2 Å². The number of benzene rings is 1. The molecule has 1 aliphatic rings. The number of rotatable bonds is 11. The second-order valence-electron chi connectivity index (χ2n) is 9.62. The van der Waals surface area contributed by atoms with Gasteiger partial charge in [-0.1, -0.05) is 43.3 Å². The number of nitrogens with zero attached hydrogens (tertiary/aromatic N) is 3. The van der Waals surface area contributed by atoms with Gasteiger partial charge in [0.15, 0.2) is 5.82 Å². The topological polar surface area (TPSA) is 70.1 Å². The second-order valence-corrected chi connectivity index (χ2v) is 11.4. The first kappa shape index (κ1) is 26.3. The van der Waals surface area contributed by atoms with Crippen LogP contribution in [0.3, 0.4) is 0 Å².